The van der Waals surface area contributed by atoms with Crippen molar-refractivity contribution in [1.82, 2.24) is 5.32 Å². The molecule has 0 aliphatic rings. The van der Waals surface area contributed by atoms with Crippen LogP contribution in [0.4, 0.5) is 0 Å². The second-order valence-corrected chi connectivity index (χ2v) is 23.1. The summed E-state index contributed by atoms with van der Waals surface area (Å²) < 4.78 is 5.49. The van der Waals surface area contributed by atoms with Crippen LogP contribution in [-0.4, -0.2) is 47.4 Å². The third-order valence-electron chi connectivity index (χ3n) is 15.7. The molecule has 442 valence electrons. The molecule has 0 aromatic heterocycles. The number of aliphatic hydroxyl groups is 2. The Hall–Kier alpha value is -1.92. The largest absolute Gasteiger partial charge is 0.466 e. The maximum Gasteiger partial charge on any atom is 0.305 e. The molecule has 0 saturated carbocycles. The van der Waals surface area contributed by atoms with Gasteiger partial charge in [-0.05, 0) is 83.5 Å². The SMILES string of the molecule is CCCCCC/C=C\C/C=C\CCCCCCCC(=O)OCCCCCCCCCCCCCC/C=C\CCCCCCCCCCCCCCCCCC(=O)NC(CO)C(O)CCCCCCCCCCCCC. The lowest BCUT2D eigenvalue weighted by Gasteiger charge is -2.22. The summed E-state index contributed by atoms with van der Waals surface area (Å²) in [5, 5.41) is 23.2. The van der Waals surface area contributed by atoms with Crippen molar-refractivity contribution in [2.24, 2.45) is 0 Å². The van der Waals surface area contributed by atoms with Gasteiger partial charge in [0.05, 0.1) is 25.4 Å². The Bertz CT molecular complexity index is 1210. The van der Waals surface area contributed by atoms with Gasteiger partial charge in [-0.15, -0.1) is 0 Å². The number of hydrogen-bond acceptors (Lipinski definition) is 5. The normalized spacial score (nSPS) is 12.7. The molecule has 6 nitrogen and oxygen atoms in total. The van der Waals surface area contributed by atoms with Crippen molar-refractivity contribution in [3.63, 3.8) is 0 Å². The van der Waals surface area contributed by atoms with Crippen molar-refractivity contribution in [2.45, 2.75) is 379 Å². The second kappa shape index (κ2) is 64.6. The molecule has 0 aliphatic heterocycles. The van der Waals surface area contributed by atoms with Crippen molar-refractivity contribution in [3.8, 4) is 0 Å². The van der Waals surface area contributed by atoms with Gasteiger partial charge in [0.1, 0.15) is 0 Å². The van der Waals surface area contributed by atoms with Crippen LogP contribution in [0.25, 0.3) is 0 Å². The van der Waals surface area contributed by atoms with E-state index in [4.69, 9.17) is 4.74 Å². The minimum absolute atomic E-state index is 0.00431. The quantitative estimate of drug-likeness (QED) is 0.0320. The van der Waals surface area contributed by atoms with Gasteiger partial charge in [0.15, 0.2) is 0 Å². The molecule has 3 N–H and O–H groups in total. The van der Waals surface area contributed by atoms with Gasteiger partial charge in [-0.1, -0.05) is 307 Å². The zero-order valence-electron chi connectivity index (χ0n) is 50.5. The van der Waals surface area contributed by atoms with E-state index in [0.29, 0.717) is 25.9 Å². The number of ether oxygens (including phenoxy) is 1. The topological polar surface area (TPSA) is 95.9 Å². The zero-order chi connectivity index (χ0) is 54.3. The summed E-state index contributed by atoms with van der Waals surface area (Å²) in [7, 11) is 0. The van der Waals surface area contributed by atoms with Crippen molar-refractivity contribution in [3.05, 3.63) is 36.5 Å². The smallest absolute Gasteiger partial charge is 0.305 e. The molecule has 0 bridgehead atoms. The maximum atomic E-state index is 12.5. The Kier molecular flexibility index (Phi) is 63.0. The number of rotatable bonds is 63. The van der Waals surface area contributed by atoms with Crippen molar-refractivity contribution in [1.29, 1.82) is 0 Å². The van der Waals surface area contributed by atoms with Crippen LogP contribution in [-0.2, 0) is 14.3 Å². The van der Waals surface area contributed by atoms with E-state index in [1.807, 2.05) is 0 Å². The summed E-state index contributed by atoms with van der Waals surface area (Å²) in [5.41, 5.74) is 0. The molecule has 0 radical (unpaired) electrons. The molecule has 1 amide bonds. The van der Waals surface area contributed by atoms with Crippen LogP contribution in [0.5, 0.6) is 0 Å². The number of carbonyl (C=O) groups excluding carboxylic acids is 2. The van der Waals surface area contributed by atoms with E-state index in [9.17, 15) is 19.8 Å². The van der Waals surface area contributed by atoms with E-state index in [1.54, 1.807) is 0 Å². The lowest BCUT2D eigenvalue weighted by Crippen LogP contribution is -2.45. The molecule has 0 rings (SSSR count). The third-order valence-corrected chi connectivity index (χ3v) is 15.7. The van der Waals surface area contributed by atoms with Crippen LogP contribution in [0.3, 0.4) is 0 Å². The lowest BCUT2D eigenvalue weighted by atomic mass is 10.0. The molecule has 0 heterocycles. The summed E-state index contributed by atoms with van der Waals surface area (Å²) in [6.45, 7) is 4.94. The summed E-state index contributed by atoms with van der Waals surface area (Å²) in [6.07, 6.45) is 81.9. The molecule has 6 heteroatoms. The number of nitrogens with one attached hydrogen (secondary N) is 1. The van der Waals surface area contributed by atoms with E-state index >= 15 is 0 Å². The average molecular weight is 1050 g/mol. The molecule has 0 spiro atoms. The predicted octanol–water partition coefficient (Wildman–Crippen LogP) is 21.5. The molecule has 2 atom stereocenters. The van der Waals surface area contributed by atoms with Gasteiger partial charge in [0.2, 0.25) is 5.91 Å². The highest BCUT2D eigenvalue weighted by Gasteiger charge is 2.20. The third kappa shape index (κ3) is 61.2. The first-order valence-corrected chi connectivity index (χ1v) is 33.7. The number of allylic oxidation sites excluding steroid dienone is 6. The number of unbranched alkanes of at least 4 members (excludes halogenated alkanes) is 46. The lowest BCUT2D eigenvalue weighted by molar-refractivity contribution is -0.143. The van der Waals surface area contributed by atoms with E-state index in [1.165, 1.54) is 283 Å². The molecular weight excluding hydrogens is 923 g/mol. The van der Waals surface area contributed by atoms with E-state index in [2.05, 4.69) is 55.6 Å². The Balaban J connectivity index is 3.34. The van der Waals surface area contributed by atoms with Crippen LogP contribution in [0.15, 0.2) is 36.5 Å². The minimum atomic E-state index is -0.661. The number of amides is 1. The fourth-order valence-corrected chi connectivity index (χ4v) is 10.5. The van der Waals surface area contributed by atoms with Gasteiger partial charge in [-0.25, -0.2) is 0 Å². The fourth-order valence-electron chi connectivity index (χ4n) is 10.5. The molecule has 0 aromatic rings. The van der Waals surface area contributed by atoms with E-state index < -0.39 is 12.1 Å². The predicted molar refractivity (Wildman–Crippen MR) is 329 cm³/mol. The first-order chi connectivity index (χ1) is 37.0. The van der Waals surface area contributed by atoms with Crippen LogP contribution >= 0.6 is 0 Å². The molecular formula is C69H131NO5. The Morgan fingerprint density at radius 3 is 1.04 bits per heavy atom. The van der Waals surface area contributed by atoms with Crippen molar-refractivity contribution in [2.75, 3.05) is 13.2 Å². The van der Waals surface area contributed by atoms with Crippen LogP contribution in [0, 0.1) is 0 Å². The summed E-state index contributed by atoms with van der Waals surface area (Å²) in [6, 6.07) is -0.538. The van der Waals surface area contributed by atoms with Gasteiger partial charge in [0.25, 0.3) is 0 Å². The highest BCUT2D eigenvalue weighted by molar-refractivity contribution is 5.76. The number of hydrogen-bond donors (Lipinski definition) is 3. The highest BCUT2D eigenvalue weighted by atomic mass is 16.5. The Morgan fingerprint density at radius 1 is 0.373 bits per heavy atom. The van der Waals surface area contributed by atoms with Crippen molar-refractivity contribution >= 4 is 11.9 Å². The summed E-state index contributed by atoms with van der Waals surface area (Å²) >= 11 is 0. The van der Waals surface area contributed by atoms with E-state index in [0.717, 1.165) is 51.4 Å². The second-order valence-electron chi connectivity index (χ2n) is 23.1. The zero-order valence-corrected chi connectivity index (χ0v) is 50.5. The molecule has 0 saturated heterocycles. The number of esters is 1. The first-order valence-electron chi connectivity index (χ1n) is 33.7. The van der Waals surface area contributed by atoms with Crippen molar-refractivity contribution < 1.29 is 24.5 Å². The molecule has 0 fully saturated rings. The maximum absolute atomic E-state index is 12.5. The Labute approximate surface area is 468 Å². The van der Waals surface area contributed by atoms with Gasteiger partial charge in [-0.2, -0.15) is 0 Å². The number of carbonyl (C=O) groups is 2. The molecule has 75 heavy (non-hydrogen) atoms. The van der Waals surface area contributed by atoms with Gasteiger partial charge < -0.3 is 20.3 Å². The standard InChI is InChI=1S/C69H131NO5/c1-3-5-7-9-11-13-15-16-17-36-39-43-47-51-55-59-63-69(74)75-64-60-56-52-48-44-40-37-34-32-30-28-26-24-22-20-18-19-21-23-25-27-29-31-33-35-38-42-46-50-54-58-62-68(73)70-66(65-71)67(72)61-57-53-49-45-41-14-12-10-8-6-4-2/h13,15,17,20,22,36,66-67,71-72H,3-12,14,16,18-19,21,23-35,37-65H2,1-2H3,(H,70,73)/b15-13-,22-20-,36-17-. The molecule has 0 aromatic carbocycles. The van der Waals surface area contributed by atoms with E-state index in [-0.39, 0.29) is 18.5 Å². The Morgan fingerprint density at radius 2 is 0.667 bits per heavy atom. The minimum Gasteiger partial charge on any atom is -0.466 e. The van der Waals surface area contributed by atoms with Crippen LogP contribution in [0.1, 0.15) is 367 Å². The fraction of sp³-hybridized carbons (Fsp3) is 0.884. The average Bonchev–Trinajstić information content (AvgIpc) is 3.41. The van der Waals surface area contributed by atoms with Gasteiger partial charge >= 0.3 is 5.97 Å². The molecule has 0 aliphatic carbocycles. The summed E-state index contributed by atoms with van der Waals surface area (Å²) in [4.78, 5) is 24.5. The number of aliphatic hydroxyl groups excluding tert-OH is 2. The van der Waals surface area contributed by atoms with Gasteiger partial charge in [0, 0.05) is 12.8 Å². The first kappa shape index (κ1) is 73.1. The van der Waals surface area contributed by atoms with Crippen LogP contribution < -0.4 is 5.32 Å². The van der Waals surface area contributed by atoms with Gasteiger partial charge in [-0.3, -0.25) is 9.59 Å². The monoisotopic (exact) mass is 1050 g/mol. The molecule has 2 unspecified atom stereocenters. The van der Waals surface area contributed by atoms with Crippen LogP contribution in [0.2, 0.25) is 0 Å². The highest BCUT2D eigenvalue weighted by Crippen LogP contribution is 2.18. The summed E-state index contributed by atoms with van der Waals surface area (Å²) in [5.74, 6) is -0.0284.